The predicted octanol–water partition coefficient (Wildman–Crippen LogP) is 3.38. The van der Waals surface area contributed by atoms with Crippen LogP contribution in [0.3, 0.4) is 0 Å². The Morgan fingerprint density at radius 3 is 2.73 bits per heavy atom. The van der Waals surface area contributed by atoms with Crippen LogP contribution in [0.2, 0.25) is 0 Å². The molecule has 0 bridgehead atoms. The second kappa shape index (κ2) is 4.80. The third kappa shape index (κ3) is 2.60. The molecule has 1 aliphatic rings. The monoisotopic (exact) mass is 222 g/mol. The molecule has 0 aromatic heterocycles. The minimum atomic E-state index is 0.274. The second-order valence-corrected chi connectivity index (χ2v) is 4.50. The number of benzene rings is 1. The molecule has 15 heavy (non-hydrogen) atoms. The Bertz CT molecular complexity index is 334. The number of halogens is 1. The van der Waals surface area contributed by atoms with Crippen molar-refractivity contribution in [1.82, 2.24) is 0 Å². The zero-order valence-electron chi connectivity index (χ0n) is 8.66. The van der Waals surface area contributed by atoms with E-state index in [1.807, 2.05) is 18.2 Å². The fourth-order valence-electron chi connectivity index (χ4n) is 2.05. The highest BCUT2D eigenvalue weighted by Crippen LogP contribution is 2.48. The largest absolute Gasteiger partial charge is 0.299 e. The zero-order chi connectivity index (χ0) is 10.7. The van der Waals surface area contributed by atoms with E-state index in [0.717, 1.165) is 12.8 Å². The Balaban J connectivity index is 1.88. The summed E-state index contributed by atoms with van der Waals surface area (Å²) in [4.78, 5) is 11.7. The summed E-state index contributed by atoms with van der Waals surface area (Å²) in [6, 6.07) is 10.3. The van der Waals surface area contributed by atoms with E-state index in [1.54, 1.807) is 0 Å². The molecule has 0 spiro atoms. The summed E-state index contributed by atoms with van der Waals surface area (Å²) < 4.78 is 0. The van der Waals surface area contributed by atoms with Gasteiger partial charge in [-0.15, -0.1) is 11.6 Å². The summed E-state index contributed by atoms with van der Waals surface area (Å²) >= 11 is 5.57. The lowest BCUT2D eigenvalue weighted by molar-refractivity contribution is -0.120. The van der Waals surface area contributed by atoms with Gasteiger partial charge in [-0.25, -0.2) is 0 Å². The highest BCUT2D eigenvalue weighted by molar-refractivity contribution is 6.17. The summed E-state index contributed by atoms with van der Waals surface area (Å²) in [6.07, 6.45) is 2.50. The molecular formula is C13H15ClO. The third-order valence-corrected chi connectivity index (χ3v) is 3.26. The van der Waals surface area contributed by atoms with Crippen molar-refractivity contribution < 1.29 is 4.79 Å². The molecular weight excluding hydrogens is 208 g/mol. The quantitative estimate of drug-likeness (QED) is 0.699. The summed E-state index contributed by atoms with van der Waals surface area (Å²) in [5, 5.41) is 0. The van der Waals surface area contributed by atoms with Crippen LogP contribution in [-0.4, -0.2) is 11.7 Å². The van der Waals surface area contributed by atoms with Crippen LogP contribution in [0, 0.1) is 5.92 Å². The van der Waals surface area contributed by atoms with Gasteiger partial charge in [-0.2, -0.15) is 0 Å². The van der Waals surface area contributed by atoms with Crippen molar-refractivity contribution in [1.29, 1.82) is 0 Å². The molecule has 0 amide bonds. The molecule has 80 valence electrons. The fourth-order valence-corrected chi connectivity index (χ4v) is 2.18. The van der Waals surface area contributed by atoms with Crippen LogP contribution in [0.15, 0.2) is 30.3 Å². The van der Waals surface area contributed by atoms with Crippen molar-refractivity contribution in [3.63, 3.8) is 0 Å². The van der Waals surface area contributed by atoms with Gasteiger partial charge in [-0.05, 0) is 24.3 Å². The molecule has 1 fully saturated rings. The SMILES string of the molecule is O=C(CCCCl)C1CC1c1ccccc1. The van der Waals surface area contributed by atoms with Crippen molar-refractivity contribution >= 4 is 17.4 Å². The number of alkyl halides is 1. The number of Topliss-reactive ketones (excluding diaryl/α,β-unsaturated/α-hetero) is 1. The normalized spacial score (nSPS) is 23.8. The van der Waals surface area contributed by atoms with E-state index in [1.165, 1.54) is 5.56 Å². The van der Waals surface area contributed by atoms with E-state index in [-0.39, 0.29) is 5.92 Å². The fraction of sp³-hybridized carbons (Fsp3) is 0.462. The van der Waals surface area contributed by atoms with Gasteiger partial charge in [0, 0.05) is 18.2 Å². The van der Waals surface area contributed by atoms with Crippen LogP contribution in [-0.2, 0) is 4.79 Å². The molecule has 2 unspecified atom stereocenters. The Morgan fingerprint density at radius 1 is 1.33 bits per heavy atom. The highest BCUT2D eigenvalue weighted by atomic mass is 35.5. The van der Waals surface area contributed by atoms with Gasteiger partial charge in [0.25, 0.3) is 0 Å². The van der Waals surface area contributed by atoms with Crippen molar-refractivity contribution in [3.05, 3.63) is 35.9 Å². The summed E-state index contributed by atoms with van der Waals surface area (Å²) in [5.74, 6) is 1.74. The van der Waals surface area contributed by atoms with Crippen LogP contribution in [0.25, 0.3) is 0 Å². The molecule has 1 saturated carbocycles. The number of carbonyl (C=O) groups excluding carboxylic acids is 1. The van der Waals surface area contributed by atoms with Crippen molar-refractivity contribution in [3.8, 4) is 0 Å². The Kier molecular flexibility index (Phi) is 3.42. The van der Waals surface area contributed by atoms with E-state index < -0.39 is 0 Å². The van der Waals surface area contributed by atoms with Crippen molar-refractivity contribution in [2.45, 2.75) is 25.2 Å². The smallest absolute Gasteiger partial charge is 0.136 e. The van der Waals surface area contributed by atoms with Gasteiger partial charge >= 0.3 is 0 Å². The highest BCUT2D eigenvalue weighted by Gasteiger charge is 2.42. The van der Waals surface area contributed by atoms with Crippen LogP contribution < -0.4 is 0 Å². The number of ketones is 1. The molecule has 1 nitrogen and oxygen atoms in total. The minimum absolute atomic E-state index is 0.274. The van der Waals surface area contributed by atoms with E-state index >= 15 is 0 Å². The minimum Gasteiger partial charge on any atom is -0.299 e. The lowest BCUT2D eigenvalue weighted by atomic mass is 10.1. The van der Waals surface area contributed by atoms with E-state index in [0.29, 0.717) is 24.0 Å². The lowest BCUT2D eigenvalue weighted by Crippen LogP contribution is -2.02. The molecule has 0 heterocycles. The number of carbonyl (C=O) groups is 1. The maximum Gasteiger partial charge on any atom is 0.136 e. The Labute approximate surface area is 95.4 Å². The molecule has 0 aliphatic heterocycles. The first-order valence-corrected chi connectivity index (χ1v) is 6.00. The third-order valence-electron chi connectivity index (χ3n) is 2.99. The van der Waals surface area contributed by atoms with E-state index in [2.05, 4.69) is 12.1 Å². The predicted molar refractivity (Wildman–Crippen MR) is 62.3 cm³/mol. The topological polar surface area (TPSA) is 17.1 Å². The van der Waals surface area contributed by atoms with Crippen LogP contribution in [0.4, 0.5) is 0 Å². The molecule has 2 heteroatoms. The van der Waals surface area contributed by atoms with Gasteiger partial charge in [-0.3, -0.25) is 4.79 Å². The first kappa shape index (κ1) is 10.7. The van der Waals surface area contributed by atoms with Gasteiger partial charge in [0.15, 0.2) is 0 Å². The summed E-state index contributed by atoms with van der Waals surface area (Å²) in [5.41, 5.74) is 1.31. The number of rotatable bonds is 5. The molecule has 0 N–H and O–H groups in total. The summed E-state index contributed by atoms with van der Waals surface area (Å²) in [6.45, 7) is 0. The van der Waals surface area contributed by atoms with Crippen LogP contribution >= 0.6 is 11.6 Å². The Morgan fingerprint density at radius 2 is 2.07 bits per heavy atom. The van der Waals surface area contributed by atoms with Gasteiger partial charge in [0.2, 0.25) is 0 Å². The Hall–Kier alpha value is -0.820. The first-order valence-electron chi connectivity index (χ1n) is 5.46. The van der Waals surface area contributed by atoms with Gasteiger partial charge in [0.05, 0.1) is 0 Å². The second-order valence-electron chi connectivity index (χ2n) is 4.12. The first-order chi connectivity index (χ1) is 7.33. The van der Waals surface area contributed by atoms with Crippen LogP contribution in [0.5, 0.6) is 0 Å². The van der Waals surface area contributed by atoms with Gasteiger partial charge in [0.1, 0.15) is 5.78 Å². The molecule has 0 saturated heterocycles. The lowest BCUT2D eigenvalue weighted by Gasteiger charge is -1.99. The summed E-state index contributed by atoms with van der Waals surface area (Å²) in [7, 11) is 0. The maximum atomic E-state index is 11.7. The maximum absolute atomic E-state index is 11.7. The van der Waals surface area contributed by atoms with Crippen LogP contribution in [0.1, 0.15) is 30.7 Å². The molecule has 1 aliphatic carbocycles. The molecule has 1 aromatic carbocycles. The zero-order valence-corrected chi connectivity index (χ0v) is 9.41. The average molecular weight is 223 g/mol. The average Bonchev–Trinajstić information content (AvgIpc) is 3.07. The van der Waals surface area contributed by atoms with Crippen molar-refractivity contribution in [2.75, 3.05) is 5.88 Å². The number of hydrogen-bond donors (Lipinski definition) is 0. The van der Waals surface area contributed by atoms with Gasteiger partial charge in [-0.1, -0.05) is 30.3 Å². The molecule has 2 atom stereocenters. The van der Waals surface area contributed by atoms with E-state index in [4.69, 9.17) is 11.6 Å². The van der Waals surface area contributed by atoms with Crippen molar-refractivity contribution in [2.24, 2.45) is 5.92 Å². The van der Waals surface area contributed by atoms with E-state index in [9.17, 15) is 4.79 Å². The number of hydrogen-bond acceptors (Lipinski definition) is 1. The van der Waals surface area contributed by atoms with Gasteiger partial charge < -0.3 is 0 Å². The molecule has 1 aromatic rings. The standard InChI is InChI=1S/C13H15ClO/c14-8-4-7-13(15)12-9-11(12)10-5-2-1-3-6-10/h1-3,5-6,11-12H,4,7-9H2. The molecule has 2 rings (SSSR count). The molecule has 0 radical (unpaired) electrons.